The van der Waals surface area contributed by atoms with Crippen LogP contribution in [0.1, 0.15) is 18.2 Å². The molecule has 0 unspecified atom stereocenters. The van der Waals surface area contributed by atoms with Crippen LogP contribution in [0.5, 0.6) is 5.75 Å². The van der Waals surface area contributed by atoms with Gasteiger partial charge in [-0.2, -0.15) is 0 Å². The van der Waals surface area contributed by atoms with Crippen LogP contribution in [0.3, 0.4) is 0 Å². The molecule has 1 N–H and O–H groups in total. The van der Waals surface area contributed by atoms with Gasteiger partial charge in [-0.05, 0) is 31.5 Å². The van der Waals surface area contributed by atoms with Crippen molar-refractivity contribution in [2.75, 3.05) is 11.9 Å². The molecular weight excluding hydrogens is 234 g/mol. The van der Waals surface area contributed by atoms with Gasteiger partial charge in [-0.1, -0.05) is 16.6 Å². The zero-order chi connectivity index (χ0) is 12.1. The lowest BCUT2D eigenvalue weighted by molar-refractivity contribution is 0.301. The third kappa shape index (κ3) is 3.17. The van der Waals surface area contributed by atoms with Crippen molar-refractivity contribution in [3.05, 3.63) is 35.5 Å². The fourth-order valence-electron chi connectivity index (χ4n) is 1.45. The van der Waals surface area contributed by atoms with Gasteiger partial charge in [0, 0.05) is 18.1 Å². The Morgan fingerprint density at radius 3 is 3.06 bits per heavy atom. The SMILES string of the molecule is CCNc1snnc1COc1cccc(C)c1. The van der Waals surface area contributed by atoms with E-state index >= 15 is 0 Å². The minimum Gasteiger partial charge on any atom is -0.487 e. The maximum atomic E-state index is 5.68. The number of hydrogen-bond donors (Lipinski definition) is 1. The molecule has 2 rings (SSSR count). The second kappa shape index (κ2) is 5.63. The Kier molecular flexibility index (Phi) is 3.93. The molecule has 0 bridgehead atoms. The van der Waals surface area contributed by atoms with Gasteiger partial charge < -0.3 is 10.1 Å². The summed E-state index contributed by atoms with van der Waals surface area (Å²) < 4.78 is 9.60. The fourth-order valence-corrected chi connectivity index (χ4v) is 2.09. The molecule has 2 aromatic rings. The number of anilines is 1. The van der Waals surface area contributed by atoms with Crippen LogP contribution < -0.4 is 10.1 Å². The number of hydrogen-bond acceptors (Lipinski definition) is 5. The van der Waals surface area contributed by atoms with Gasteiger partial charge in [-0.3, -0.25) is 0 Å². The van der Waals surface area contributed by atoms with Gasteiger partial charge in [0.15, 0.2) is 0 Å². The molecule has 5 heteroatoms. The predicted octanol–water partition coefficient (Wildman–Crippen LogP) is 2.86. The average Bonchev–Trinajstić information content (AvgIpc) is 2.75. The highest BCUT2D eigenvalue weighted by Gasteiger charge is 2.07. The third-order valence-corrected chi connectivity index (χ3v) is 2.98. The number of nitrogens with zero attached hydrogens (tertiary/aromatic N) is 2. The van der Waals surface area contributed by atoms with Crippen molar-refractivity contribution in [2.45, 2.75) is 20.5 Å². The molecule has 1 aromatic heterocycles. The molecule has 0 atom stereocenters. The van der Waals surface area contributed by atoms with Crippen molar-refractivity contribution in [3.8, 4) is 5.75 Å². The third-order valence-electron chi connectivity index (χ3n) is 2.26. The summed E-state index contributed by atoms with van der Waals surface area (Å²) >= 11 is 1.36. The number of rotatable bonds is 5. The molecule has 90 valence electrons. The first-order chi connectivity index (χ1) is 8.29. The van der Waals surface area contributed by atoms with Crippen LogP contribution in [-0.4, -0.2) is 16.1 Å². The van der Waals surface area contributed by atoms with E-state index in [-0.39, 0.29) is 0 Å². The summed E-state index contributed by atoms with van der Waals surface area (Å²) in [5, 5.41) is 8.26. The number of ether oxygens (including phenoxy) is 1. The molecule has 0 amide bonds. The average molecular weight is 249 g/mol. The number of aryl methyl sites for hydroxylation is 1. The summed E-state index contributed by atoms with van der Waals surface area (Å²) in [6.45, 7) is 5.40. The quantitative estimate of drug-likeness (QED) is 0.885. The Balaban J connectivity index is 1.99. The van der Waals surface area contributed by atoms with Crippen molar-refractivity contribution in [1.29, 1.82) is 0 Å². The van der Waals surface area contributed by atoms with E-state index in [9.17, 15) is 0 Å². The van der Waals surface area contributed by atoms with Gasteiger partial charge in [0.1, 0.15) is 23.1 Å². The van der Waals surface area contributed by atoms with E-state index in [2.05, 4.69) is 14.9 Å². The van der Waals surface area contributed by atoms with Crippen LogP contribution in [-0.2, 0) is 6.61 Å². The minimum atomic E-state index is 0.447. The first kappa shape index (κ1) is 11.9. The van der Waals surface area contributed by atoms with E-state index in [0.717, 1.165) is 23.0 Å². The van der Waals surface area contributed by atoms with E-state index in [1.807, 2.05) is 38.1 Å². The van der Waals surface area contributed by atoms with Crippen molar-refractivity contribution >= 4 is 16.5 Å². The van der Waals surface area contributed by atoms with E-state index in [0.29, 0.717) is 6.61 Å². The van der Waals surface area contributed by atoms with Crippen LogP contribution >= 0.6 is 11.5 Å². The van der Waals surface area contributed by atoms with Crippen molar-refractivity contribution in [2.24, 2.45) is 0 Å². The van der Waals surface area contributed by atoms with Crippen LogP contribution in [0.2, 0.25) is 0 Å². The molecule has 0 fully saturated rings. The van der Waals surface area contributed by atoms with Crippen molar-refractivity contribution in [1.82, 2.24) is 9.59 Å². The smallest absolute Gasteiger partial charge is 0.136 e. The molecular formula is C12H15N3OS. The Bertz CT molecular complexity index is 484. The Labute approximate surface area is 105 Å². The summed E-state index contributed by atoms with van der Waals surface area (Å²) in [6.07, 6.45) is 0. The van der Waals surface area contributed by atoms with Gasteiger partial charge in [-0.25, -0.2) is 0 Å². The Morgan fingerprint density at radius 1 is 1.41 bits per heavy atom. The van der Waals surface area contributed by atoms with E-state index in [4.69, 9.17) is 4.74 Å². The molecule has 1 heterocycles. The first-order valence-corrected chi connectivity index (χ1v) is 6.31. The van der Waals surface area contributed by atoms with Gasteiger partial charge in [0.25, 0.3) is 0 Å². The van der Waals surface area contributed by atoms with Crippen molar-refractivity contribution in [3.63, 3.8) is 0 Å². The van der Waals surface area contributed by atoms with Gasteiger partial charge in [0.2, 0.25) is 0 Å². The lowest BCUT2D eigenvalue weighted by atomic mass is 10.2. The zero-order valence-corrected chi connectivity index (χ0v) is 10.8. The molecule has 4 nitrogen and oxygen atoms in total. The highest BCUT2D eigenvalue weighted by Crippen LogP contribution is 2.20. The molecule has 0 aliphatic rings. The van der Waals surface area contributed by atoms with E-state index in [1.54, 1.807) is 0 Å². The second-order valence-corrected chi connectivity index (χ2v) is 4.44. The summed E-state index contributed by atoms with van der Waals surface area (Å²) in [5.41, 5.74) is 2.05. The maximum Gasteiger partial charge on any atom is 0.136 e. The normalized spacial score (nSPS) is 10.2. The largest absolute Gasteiger partial charge is 0.487 e. The van der Waals surface area contributed by atoms with E-state index in [1.165, 1.54) is 17.1 Å². The summed E-state index contributed by atoms with van der Waals surface area (Å²) in [7, 11) is 0. The van der Waals surface area contributed by atoms with Gasteiger partial charge in [0.05, 0.1) is 0 Å². The molecule has 0 radical (unpaired) electrons. The molecule has 0 aliphatic carbocycles. The van der Waals surface area contributed by atoms with Gasteiger partial charge >= 0.3 is 0 Å². The topological polar surface area (TPSA) is 47.0 Å². The fraction of sp³-hybridized carbons (Fsp3) is 0.333. The second-order valence-electron chi connectivity index (χ2n) is 3.68. The summed E-state index contributed by atoms with van der Waals surface area (Å²) in [5.74, 6) is 0.862. The standard InChI is InChI=1S/C12H15N3OS/c1-3-13-12-11(14-15-17-12)8-16-10-6-4-5-9(2)7-10/h4-7,13H,3,8H2,1-2H3. The molecule has 1 aromatic carbocycles. The highest BCUT2D eigenvalue weighted by atomic mass is 32.1. The van der Waals surface area contributed by atoms with Crippen LogP contribution in [0.15, 0.2) is 24.3 Å². The van der Waals surface area contributed by atoms with Crippen molar-refractivity contribution < 1.29 is 4.74 Å². The molecule has 0 aliphatic heterocycles. The molecule has 0 spiro atoms. The Morgan fingerprint density at radius 2 is 2.29 bits per heavy atom. The van der Waals surface area contributed by atoms with Gasteiger partial charge in [-0.15, -0.1) is 5.10 Å². The summed E-state index contributed by atoms with van der Waals surface area (Å²) in [4.78, 5) is 0. The zero-order valence-electron chi connectivity index (χ0n) is 9.93. The molecule has 0 saturated heterocycles. The minimum absolute atomic E-state index is 0.447. The highest BCUT2D eigenvalue weighted by molar-refractivity contribution is 7.10. The first-order valence-electron chi connectivity index (χ1n) is 5.54. The molecule has 0 saturated carbocycles. The lowest BCUT2D eigenvalue weighted by Gasteiger charge is -2.06. The summed E-state index contributed by atoms with van der Waals surface area (Å²) in [6, 6.07) is 7.98. The Hall–Kier alpha value is -1.62. The van der Waals surface area contributed by atoms with E-state index < -0.39 is 0 Å². The monoisotopic (exact) mass is 249 g/mol. The van der Waals surface area contributed by atoms with Crippen LogP contribution in [0.25, 0.3) is 0 Å². The molecule has 17 heavy (non-hydrogen) atoms. The van der Waals surface area contributed by atoms with Crippen LogP contribution in [0.4, 0.5) is 5.00 Å². The number of benzene rings is 1. The maximum absolute atomic E-state index is 5.68. The predicted molar refractivity (Wildman–Crippen MR) is 69.6 cm³/mol. The number of aromatic nitrogens is 2. The lowest BCUT2D eigenvalue weighted by Crippen LogP contribution is -2.02. The van der Waals surface area contributed by atoms with Crippen LogP contribution in [0, 0.1) is 6.92 Å². The number of nitrogens with one attached hydrogen (secondary N) is 1.